The molecule has 1 N–H and O–H groups in total. The van der Waals surface area contributed by atoms with Crippen molar-refractivity contribution in [3.8, 4) is 11.5 Å². The largest absolute Gasteiger partial charge is 0.497 e. The Bertz CT molecular complexity index is 1090. The zero-order valence-electron chi connectivity index (χ0n) is 17.3. The van der Waals surface area contributed by atoms with Crippen molar-refractivity contribution in [2.45, 2.75) is 26.3 Å². The average molecular weight is 390 g/mol. The number of carbonyl (C=O) groups is 1. The number of aromatic nitrogens is 1. The van der Waals surface area contributed by atoms with Gasteiger partial charge in [0.2, 0.25) is 5.91 Å². The molecule has 0 aliphatic carbocycles. The zero-order valence-corrected chi connectivity index (χ0v) is 17.3. The van der Waals surface area contributed by atoms with Crippen molar-refractivity contribution >= 4 is 16.8 Å². The van der Waals surface area contributed by atoms with Crippen molar-refractivity contribution < 1.29 is 14.3 Å². The minimum Gasteiger partial charge on any atom is -0.497 e. The number of nitrogens with one attached hydrogen (secondary N) is 1. The van der Waals surface area contributed by atoms with Gasteiger partial charge in [-0.05, 0) is 50.1 Å². The molecule has 1 aliphatic heterocycles. The summed E-state index contributed by atoms with van der Waals surface area (Å²) in [5.74, 6) is 1.62. The number of hydrogen-bond donors (Lipinski definition) is 1. The Morgan fingerprint density at radius 2 is 1.93 bits per heavy atom. The van der Waals surface area contributed by atoms with Crippen LogP contribution in [0, 0.1) is 0 Å². The van der Waals surface area contributed by atoms with Crippen LogP contribution < -0.4 is 9.47 Å². The molecule has 1 aliphatic rings. The maximum Gasteiger partial charge on any atom is 0.247 e. The number of amides is 1. The van der Waals surface area contributed by atoms with Crippen molar-refractivity contribution in [1.82, 2.24) is 9.88 Å². The summed E-state index contributed by atoms with van der Waals surface area (Å²) in [6, 6.07) is 13.7. The van der Waals surface area contributed by atoms with E-state index >= 15 is 0 Å². The summed E-state index contributed by atoms with van der Waals surface area (Å²) in [5, 5.41) is 1.15. The Balaban J connectivity index is 1.93. The van der Waals surface area contributed by atoms with Gasteiger partial charge in [0, 0.05) is 34.8 Å². The molecular weight excluding hydrogens is 364 g/mol. The van der Waals surface area contributed by atoms with Crippen LogP contribution in [0.1, 0.15) is 36.7 Å². The fraction of sp³-hybridized carbons (Fsp3) is 0.292. The fourth-order valence-electron chi connectivity index (χ4n) is 4.18. The van der Waals surface area contributed by atoms with Crippen molar-refractivity contribution in [1.29, 1.82) is 0 Å². The molecule has 0 saturated heterocycles. The monoisotopic (exact) mass is 390 g/mol. The predicted octanol–water partition coefficient (Wildman–Crippen LogP) is 4.63. The van der Waals surface area contributed by atoms with E-state index in [1.54, 1.807) is 20.3 Å². The molecule has 0 saturated carbocycles. The highest BCUT2D eigenvalue weighted by Crippen LogP contribution is 2.42. The highest BCUT2D eigenvalue weighted by atomic mass is 16.5. The number of hydrogen-bond acceptors (Lipinski definition) is 3. The van der Waals surface area contributed by atoms with Crippen LogP contribution in [0.5, 0.6) is 11.5 Å². The van der Waals surface area contributed by atoms with E-state index < -0.39 is 0 Å². The van der Waals surface area contributed by atoms with E-state index in [0.717, 1.165) is 45.7 Å². The third-order valence-electron chi connectivity index (χ3n) is 5.46. The number of rotatable bonds is 4. The Hall–Kier alpha value is -3.21. The summed E-state index contributed by atoms with van der Waals surface area (Å²) in [7, 11) is 3.35. The molecule has 0 fully saturated rings. The van der Waals surface area contributed by atoms with E-state index in [0.29, 0.717) is 6.54 Å². The van der Waals surface area contributed by atoms with Crippen LogP contribution in [0.4, 0.5) is 0 Å². The second-order valence-corrected chi connectivity index (χ2v) is 7.58. The maximum absolute atomic E-state index is 13.1. The number of H-pyrrole nitrogens is 1. The number of allylic oxidation sites excluding steroid dienone is 1. The Morgan fingerprint density at radius 3 is 2.66 bits per heavy atom. The van der Waals surface area contributed by atoms with Crippen molar-refractivity contribution in [3.63, 3.8) is 0 Å². The number of nitrogens with zero attached hydrogens (tertiary/aromatic N) is 1. The Labute approximate surface area is 170 Å². The van der Waals surface area contributed by atoms with E-state index in [-0.39, 0.29) is 11.9 Å². The second-order valence-electron chi connectivity index (χ2n) is 7.58. The lowest BCUT2D eigenvalue weighted by atomic mass is 9.91. The highest BCUT2D eigenvalue weighted by molar-refractivity contribution is 5.91. The van der Waals surface area contributed by atoms with Gasteiger partial charge in [-0.3, -0.25) is 4.79 Å². The number of methoxy groups -OCH3 is 2. The van der Waals surface area contributed by atoms with E-state index in [2.05, 4.69) is 11.1 Å². The van der Waals surface area contributed by atoms with Crippen LogP contribution in [0.2, 0.25) is 0 Å². The van der Waals surface area contributed by atoms with Crippen LogP contribution in [0.15, 0.2) is 54.1 Å². The predicted molar refractivity (Wildman–Crippen MR) is 115 cm³/mol. The first kappa shape index (κ1) is 19.1. The molecule has 5 heteroatoms. The zero-order chi connectivity index (χ0) is 20.5. The van der Waals surface area contributed by atoms with Gasteiger partial charge in [0.1, 0.15) is 17.5 Å². The van der Waals surface area contributed by atoms with Gasteiger partial charge >= 0.3 is 0 Å². The molecule has 1 amide bonds. The van der Waals surface area contributed by atoms with Gasteiger partial charge < -0.3 is 19.4 Å². The standard InChI is InChI=1S/C24H26N2O3/c1-15(2)13-22(27)26-12-11-17-19-14-16(28-3)9-10-20(19)25-23(17)24(26)18-7-5-6-8-21(18)29-4/h5-10,13-14,24-25H,11-12H2,1-4H3. The molecule has 1 atom stereocenters. The molecule has 2 heterocycles. The average Bonchev–Trinajstić information content (AvgIpc) is 3.10. The minimum atomic E-state index is -0.239. The second kappa shape index (κ2) is 7.66. The summed E-state index contributed by atoms with van der Waals surface area (Å²) in [6.45, 7) is 4.53. The molecular formula is C24H26N2O3. The summed E-state index contributed by atoms with van der Waals surface area (Å²) in [6.07, 6.45) is 2.50. The van der Waals surface area contributed by atoms with Crippen LogP contribution in [-0.4, -0.2) is 36.6 Å². The first-order valence-electron chi connectivity index (χ1n) is 9.80. The number of ether oxygens (including phenoxy) is 2. The van der Waals surface area contributed by atoms with Gasteiger partial charge in [-0.15, -0.1) is 0 Å². The van der Waals surface area contributed by atoms with Gasteiger partial charge in [-0.25, -0.2) is 0 Å². The number of benzene rings is 2. The highest BCUT2D eigenvalue weighted by Gasteiger charge is 2.35. The molecule has 2 aromatic carbocycles. The number of fused-ring (bicyclic) bond motifs is 3. The Kier molecular flexibility index (Phi) is 5.05. The molecule has 0 spiro atoms. The number of carbonyl (C=O) groups excluding carboxylic acids is 1. The molecule has 1 aromatic heterocycles. The maximum atomic E-state index is 13.1. The molecule has 3 aromatic rings. The molecule has 1 unspecified atom stereocenters. The molecule has 5 nitrogen and oxygen atoms in total. The lowest BCUT2D eigenvalue weighted by Crippen LogP contribution is -2.40. The number of aromatic amines is 1. The van der Waals surface area contributed by atoms with Gasteiger partial charge in [0.05, 0.1) is 14.2 Å². The van der Waals surface area contributed by atoms with Gasteiger partial charge in [0.25, 0.3) is 0 Å². The quantitative estimate of drug-likeness (QED) is 0.661. The number of para-hydroxylation sites is 1. The SMILES string of the molecule is COc1ccc2[nH]c3c(c2c1)CCN(C(=O)C=C(C)C)C3c1ccccc1OC. The summed E-state index contributed by atoms with van der Waals surface area (Å²) in [4.78, 5) is 18.6. The van der Waals surface area contributed by atoms with Crippen molar-refractivity contribution in [3.05, 3.63) is 70.9 Å². The summed E-state index contributed by atoms with van der Waals surface area (Å²) < 4.78 is 11.1. The van der Waals surface area contributed by atoms with Gasteiger partial charge in [-0.2, -0.15) is 0 Å². The first-order valence-corrected chi connectivity index (χ1v) is 9.80. The van der Waals surface area contributed by atoms with E-state index in [1.165, 1.54) is 5.56 Å². The van der Waals surface area contributed by atoms with E-state index in [9.17, 15) is 4.79 Å². The first-order chi connectivity index (χ1) is 14.0. The van der Waals surface area contributed by atoms with Gasteiger partial charge in [0.15, 0.2) is 0 Å². The molecule has 0 radical (unpaired) electrons. The van der Waals surface area contributed by atoms with Crippen LogP contribution in [0.25, 0.3) is 10.9 Å². The van der Waals surface area contributed by atoms with Crippen LogP contribution >= 0.6 is 0 Å². The molecule has 4 rings (SSSR count). The fourth-order valence-corrected chi connectivity index (χ4v) is 4.18. The molecule has 29 heavy (non-hydrogen) atoms. The summed E-state index contributed by atoms with van der Waals surface area (Å²) in [5.41, 5.74) is 5.29. The Morgan fingerprint density at radius 1 is 1.14 bits per heavy atom. The van der Waals surface area contributed by atoms with Crippen LogP contribution in [-0.2, 0) is 11.2 Å². The van der Waals surface area contributed by atoms with Gasteiger partial charge in [-0.1, -0.05) is 23.8 Å². The van der Waals surface area contributed by atoms with E-state index in [1.807, 2.05) is 55.1 Å². The topological polar surface area (TPSA) is 54.6 Å². The van der Waals surface area contributed by atoms with Crippen molar-refractivity contribution in [2.24, 2.45) is 0 Å². The smallest absolute Gasteiger partial charge is 0.247 e. The lowest BCUT2D eigenvalue weighted by molar-refractivity contribution is -0.128. The van der Waals surface area contributed by atoms with Crippen molar-refractivity contribution in [2.75, 3.05) is 20.8 Å². The molecule has 0 bridgehead atoms. The third kappa shape index (κ3) is 3.37. The van der Waals surface area contributed by atoms with Crippen LogP contribution in [0.3, 0.4) is 0 Å². The lowest BCUT2D eigenvalue weighted by Gasteiger charge is -2.36. The third-order valence-corrected chi connectivity index (χ3v) is 5.46. The molecule has 150 valence electrons. The summed E-state index contributed by atoms with van der Waals surface area (Å²) >= 11 is 0. The normalized spacial score (nSPS) is 15.7. The minimum absolute atomic E-state index is 0.0165. The van der Waals surface area contributed by atoms with E-state index in [4.69, 9.17) is 9.47 Å².